The molecule has 3 amide bonds. The maximum atomic E-state index is 13.0. The molecule has 0 spiro atoms. The summed E-state index contributed by atoms with van der Waals surface area (Å²) in [5, 5.41) is 15.0. The Hall–Kier alpha value is -3.71. The number of carboxylic acids is 1. The number of carbonyl (C=O) groups is 4. The van der Waals surface area contributed by atoms with Gasteiger partial charge in [0.05, 0.1) is 11.0 Å². The number of aliphatic carboxylic acids is 1. The number of rotatable bonds is 6. The molecule has 2 saturated carbocycles. The quantitative estimate of drug-likeness (QED) is 0.292. The molecule has 1 aromatic carbocycles. The third kappa shape index (κ3) is 11.7. The molecule has 1 saturated heterocycles. The van der Waals surface area contributed by atoms with Gasteiger partial charge in [0.15, 0.2) is 0 Å². The van der Waals surface area contributed by atoms with Crippen molar-refractivity contribution in [1.82, 2.24) is 15.5 Å². The summed E-state index contributed by atoms with van der Waals surface area (Å²) in [5.74, 6) is -0.816. The molecular formula is C36H55F3N4O7. The molecule has 282 valence electrons. The van der Waals surface area contributed by atoms with Crippen LogP contribution in [0, 0.1) is 17.3 Å². The highest BCUT2D eigenvalue weighted by molar-refractivity contribution is 5.80. The monoisotopic (exact) mass is 712 g/mol. The molecule has 14 heteroatoms. The van der Waals surface area contributed by atoms with Gasteiger partial charge in [-0.05, 0) is 104 Å². The number of benzene rings is 1. The summed E-state index contributed by atoms with van der Waals surface area (Å²) < 4.78 is 49.4. The Balaban J connectivity index is 0.000000305. The molecule has 1 aliphatic heterocycles. The Bertz CT molecular complexity index is 1350. The number of ether oxygens (including phenoxy) is 2. The highest BCUT2D eigenvalue weighted by Crippen LogP contribution is 2.44. The van der Waals surface area contributed by atoms with Gasteiger partial charge in [-0.15, -0.1) is 0 Å². The van der Waals surface area contributed by atoms with Crippen molar-refractivity contribution in [1.29, 1.82) is 0 Å². The smallest absolute Gasteiger partial charge is 0.416 e. The zero-order chi connectivity index (χ0) is 37.7. The minimum absolute atomic E-state index is 0.0513. The van der Waals surface area contributed by atoms with Gasteiger partial charge in [-0.1, -0.05) is 19.9 Å². The molecule has 3 fully saturated rings. The molecule has 1 aromatic rings. The van der Waals surface area contributed by atoms with Gasteiger partial charge in [-0.25, -0.2) is 9.59 Å². The number of nitrogens with zero attached hydrogens (tertiary/aromatic N) is 2. The predicted molar refractivity (Wildman–Crippen MR) is 183 cm³/mol. The second kappa shape index (κ2) is 16.1. The van der Waals surface area contributed by atoms with Crippen LogP contribution < -0.4 is 15.5 Å². The summed E-state index contributed by atoms with van der Waals surface area (Å²) in [6.45, 7) is 16.6. The van der Waals surface area contributed by atoms with Crippen LogP contribution in [0.5, 0.6) is 0 Å². The van der Waals surface area contributed by atoms with E-state index in [1.807, 2.05) is 18.7 Å². The number of halogens is 3. The van der Waals surface area contributed by atoms with E-state index in [1.54, 1.807) is 52.5 Å². The Labute approximate surface area is 293 Å². The van der Waals surface area contributed by atoms with E-state index in [0.29, 0.717) is 64.0 Å². The second-order valence-electron chi connectivity index (χ2n) is 15.9. The Morgan fingerprint density at radius 2 is 1.42 bits per heavy atom. The lowest BCUT2D eigenvalue weighted by Crippen LogP contribution is -2.50. The minimum atomic E-state index is -4.37. The van der Waals surface area contributed by atoms with Gasteiger partial charge in [0, 0.05) is 49.9 Å². The van der Waals surface area contributed by atoms with Gasteiger partial charge in [0.2, 0.25) is 5.91 Å². The van der Waals surface area contributed by atoms with Crippen LogP contribution in [0.2, 0.25) is 0 Å². The largest absolute Gasteiger partial charge is 0.481 e. The Morgan fingerprint density at radius 3 is 1.90 bits per heavy atom. The maximum absolute atomic E-state index is 13.0. The number of hydrogen-bond donors (Lipinski definition) is 3. The number of piperazine rings is 1. The van der Waals surface area contributed by atoms with Gasteiger partial charge in [0.1, 0.15) is 11.2 Å². The predicted octanol–water partition coefficient (Wildman–Crippen LogP) is 6.84. The molecule has 0 aromatic heterocycles. The molecular weight excluding hydrogens is 657 g/mol. The number of alkyl carbamates (subject to hydrolysis) is 2. The van der Waals surface area contributed by atoms with E-state index >= 15 is 0 Å². The van der Waals surface area contributed by atoms with E-state index in [1.165, 1.54) is 6.07 Å². The lowest BCUT2D eigenvalue weighted by Gasteiger charge is -2.37. The van der Waals surface area contributed by atoms with Crippen molar-refractivity contribution >= 4 is 29.8 Å². The van der Waals surface area contributed by atoms with Crippen LogP contribution in [0.3, 0.4) is 0 Å². The molecule has 11 nitrogen and oxygen atoms in total. The van der Waals surface area contributed by atoms with E-state index in [2.05, 4.69) is 10.6 Å². The van der Waals surface area contributed by atoms with Crippen LogP contribution in [-0.2, 0) is 25.2 Å². The van der Waals surface area contributed by atoms with E-state index in [9.17, 15) is 37.5 Å². The molecule has 0 radical (unpaired) electrons. The second-order valence-corrected chi connectivity index (χ2v) is 15.9. The molecule has 4 atom stereocenters. The third-order valence-corrected chi connectivity index (χ3v) is 9.43. The first-order valence-corrected chi connectivity index (χ1v) is 17.4. The molecule has 1 heterocycles. The van der Waals surface area contributed by atoms with Crippen LogP contribution >= 0.6 is 0 Å². The summed E-state index contributed by atoms with van der Waals surface area (Å²) in [4.78, 5) is 51.7. The lowest BCUT2D eigenvalue weighted by atomic mass is 9.75. The molecule has 4 rings (SSSR count). The van der Waals surface area contributed by atoms with Crippen molar-refractivity contribution < 1.29 is 46.9 Å². The van der Waals surface area contributed by atoms with Crippen LogP contribution in [0.25, 0.3) is 0 Å². The van der Waals surface area contributed by atoms with Crippen LogP contribution in [-0.4, -0.2) is 83.5 Å². The van der Waals surface area contributed by atoms with Gasteiger partial charge in [0.25, 0.3) is 0 Å². The van der Waals surface area contributed by atoms with Crippen molar-refractivity contribution in [3.63, 3.8) is 0 Å². The molecule has 0 bridgehead atoms. The van der Waals surface area contributed by atoms with Gasteiger partial charge < -0.3 is 35.0 Å². The Kier molecular flexibility index (Phi) is 13.1. The van der Waals surface area contributed by atoms with Crippen molar-refractivity contribution in [3.05, 3.63) is 29.8 Å². The number of hydrogen-bond acceptors (Lipinski definition) is 7. The fraction of sp³-hybridized carbons (Fsp3) is 0.722. The summed E-state index contributed by atoms with van der Waals surface area (Å²) in [5.41, 5.74) is -1.98. The van der Waals surface area contributed by atoms with Crippen LogP contribution in [0.4, 0.5) is 28.4 Å². The summed E-state index contributed by atoms with van der Waals surface area (Å²) in [6, 6.07) is 5.08. The first kappa shape index (κ1) is 40.7. The molecule has 50 heavy (non-hydrogen) atoms. The van der Waals surface area contributed by atoms with Crippen molar-refractivity contribution in [3.8, 4) is 0 Å². The van der Waals surface area contributed by atoms with Crippen molar-refractivity contribution in [2.75, 3.05) is 31.1 Å². The Morgan fingerprint density at radius 1 is 0.860 bits per heavy atom. The normalized spacial score (nSPS) is 24.3. The average Bonchev–Trinajstić information content (AvgIpc) is 3.63. The van der Waals surface area contributed by atoms with Crippen molar-refractivity contribution in [2.24, 2.45) is 17.3 Å². The topological polar surface area (TPSA) is 138 Å². The highest BCUT2D eigenvalue weighted by Gasteiger charge is 2.48. The van der Waals surface area contributed by atoms with E-state index < -0.39 is 46.5 Å². The fourth-order valence-corrected chi connectivity index (χ4v) is 6.77. The number of anilines is 1. The number of carbonyl (C=O) groups excluding carboxylic acids is 3. The van der Waals surface area contributed by atoms with Crippen molar-refractivity contribution in [2.45, 2.75) is 123 Å². The number of amides is 3. The molecule has 3 N–H and O–H groups in total. The maximum Gasteiger partial charge on any atom is 0.416 e. The lowest BCUT2D eigenvalue weighted by molar-refractivity contribution is -0.151. The molecule has 2 aliphatic carbocycles. The zero-order valence-corrected chi connectivity index (χ0v) is 30.6. The SMILES string of the molecule is CC(C)(C)OC(=O)N[C@@H]1CC[C@H](C(=O)N2CCN(c3cccc(C(F)(F)F)c3)CC2)C1.CC(C)[C@]1(C(=O)O)CC[C@@H](NC(=O)OC(C)(C)C)C1. The van der Waals surface area contributed by atoms with Gasteiger partial charge in [-0.3, -0.25) is 9.59 Å². The summed E-state index contributed by atoms with van der Waals surface area (Å²) in [6.07, 6.45) is -1.56. The first-order valence-electron chi connectivity index (χ1n) is 17.4. The minimum Gasteiger partial charge on any atom is -0.481 e. The molecule has 0 unspecified atom stereocenters. The number of nitrogens with one attached hydrogen (secondary N) is 2. The van der Waals surface area contributed by atoms with E-state index in [4.69, 9.17) is 9.47 Å². The van der Waals surface area contributed by atoms with Gasteiger partial charge >= 0.3 is 24.3 Å². The standard InChI is InChI=1S/C22H30F3N3O3.C14H25NO4/c1-21(2,3)31-20(30)26-17-8-7-15(13-17)19(29)28-11-9-27(10-12-28)18-6-4-5-16(14-18)22(23,24)25;1-9(2)14(11(16)17)7-6-10(8-14)15-12(18)19-13(3,4)5/h4-6,14-15,17H,7-13H2,1-3H3,(H,26,30);9-10H,6-8H2,1-5H3,(H,15,18)(H,16,17)/t15-,17+;10-,14+/m01/s1. The first-order chi connectivity index (χ1) is 23.0. The third-order valence-electron chi connectivity index (χ3n) is 9.43. The number of alkyl halides is 3. The highest BCUT2D eigenvalue weighted by atomic mass is 19.4. The van der Waals surface area contributed by atoms with Gasteiger partial charge in [-0.2, -0.15) is 13.2 Å². The van der Waals surface area contributed by atoms with E-state index in [0.717, 1.165) is 18.6 Å². The van der Waals surface area contributed by atoms with Crippen LogP contribution in [0.15, 0.2) is 24.3 Å². The zero-order valence-electron chi connectivity index (χ0n) is 30.6. The van der Waals surface area contributed by atoms with E-state index in [-0.39, 0.29) is 29.8 Å². The molecule has 3 aliphatic rings. The summed E-state index contributed by atoms with van der Waals surface area (Å²) >= 11 is 0. The summed E-state index contributed by atoms with van der Waals surface area (Å²) in [7, 11) is 0. The number of carboxylic acid groups (broad SMARTS) is 1. The van der Waals surface area contributed by atoms with Crippen LogP contribution in [0.1, 0.15) is 99.5 Å². The fourth-order valence-electron chi connectivity index (χ4n) is 6.77. The average molecular weight is 713 g/mol.